The molecule has 0 N–H and O–H groups in total. The van der Waals surface area contributed by atoms with Crippen LogP contribution in [0.2, 0.25) is 0 Å². The van der Waals surface area contributed by atoms with Crippen LogP contribution in [0.3, 0.4) is 0 Å². The van der Waals surface area contributed by atoms with Gasteiger partial charge in [-0.15, -0.1) is 0 Å². The Balaban J connectivity index is 2.19. The summed E-state index contributed by atoms with van der Waals surface area (Å²) in [5.41, 5.74) is -0.713. The first kappa shape index (κ1) is 12.9. The predicted molar refractivity (Wildman–Crippen MR) is 63.5 cm³/mol. The molecule has 1 heterocycles. The number of hydrogen-bond donors (Lipinski definition) is 0. The summed E-state index contributed by atoms with van der Waals surface area (Å²) in [6, 6.07) is 7.88. The number of pyridine rings is 1. The lowest BCUT2D eigenvalue weighted by molar-refractivity contribution is -0.137. The van der Waals surface area contributed by atoms with Gasteiger partial charge < -0.3 is 4.74 Å². The van der Waals surface area contributed by atoms with Gasteiger partial charge in [-0.2, -0.15) is 13.2 Å². The van der Waals surface area contributed by atoms with Crippen molar-refractivity contribution in [3.8, 4) is 11.6 Å². The summed E-state index contributed by atoms with van der Waals surface area (Å²) < 4.78 is 43.0. The molecule has 1 aromatic heterocycles. The molecular formula is C12H7BrF3NO. The minimum absolute atomic E-state index is 0.294. The number of hydrogen-bond acceptors (Lipinski definition) is 2. The Morgan fingerprint density at radius 3 is 2.28 bits per heavy atom. The maximum absolute atomic E-state index is 12.3. The van der Waals surface area contributed by atoms with Crippen molar-refractivity contribution in [3.05, 3.63) is 52.6 Å². The summed E-state index contributed by atoms with van der Waals surface area (Å²) in [6.45, 7) is 0. The van der Waals surface area contributed by atoms with E-state index in [1.807, 2.05) is 0 Å². The van der Waals surface area contributed by atoms with Crippen molar-refractivity contribution in [1.29, 1.82) is 0 Å². The molecule has 0 unspecified atom stereocenters. The number of nitrogens with zero attached hydrogens (tertiary/aromatic N) is 1. The predicted octanol–water partition coefficient (Wildman–Crippen LogP) is 4.66. The number of aromatic nitrogens is 1. The van der Waals surface area contributed by atoms with Crippen molar-refractivity contribution in [2.24, 2.45) is 0 Å². The van der Waals surface area contributed by atoms with E-state index in [2.05, 4.69) is 20.9 Å². The quantitative estimate of drug-likeness (QED) is 0.804. The molecule has 2 aromatic rings. The summed E-state index contributed by atoms with van der Waals surface area (Å²) in [5.74, 6) is 0.597. The molecule has 2 rings (SSSR count). The fourth-order valence-corrected chi connectivity index (χ4v) is 1.61. The van der Waals surface area contributed by atoms with Crippen LogP contribution in [0.15, 0.2) is 47.1 Å². The van der Waals surface area contributed by atoms with Gasteiger partial charge in [0.25, 0.3) is 0 Å². The van der Waals surface area contributed by atoms with Crippen LogP contribution in [-0.2, 0) is 6.18 Å². The number of rotatable bonds is 2. The molecule has 0 aliphatic heterocycles. The highest BCUT2D eigenvalue weighted by Crippen LogP contribution is 2.32. The van der Waals surface area contributed by atoms with Crippen molar-refractivity contribution in [2.45, 2.75) is 6.18 Å². The Labute approximate surface area is 110 Å². The molecule has 94 valence electrons. The summed E-state index contributed by atoms with van der Waals surface area (Å²) in [5, 5.41) is 0. The van der Waals surface area contributed by atoms with Gasteiger partial charge in [0, 0.05) is 6.20 Å². The molecule has 0 amide bonds. The van der Waals surface area contributed by atoms with Gasteiger partial charge in [-0.05, 0) is 52.3 Å². The lowest BCUT2D eigenvalue weighted by Gasteiger charge is -2.09. The van der Waals surface area contributed by atoms with E-state index in [9.17, 15) is 13.2 Å². The third-order valence-electron chi connectivity index (χ3n) is 2.12. The molecule has 0 aliphatic carbocycles. The molecule has 1 aromatic carbocycles. The minimum atomic E-state index is -4.34. The molecule has 0 aliphatic rings. The number of ether oxygens (including phenoxy) is 1. The van der Waals surface area contributed by atoms with E-state index >= 15 is 0 Å². The van der Waals surface area contributed by atoms with Crippen molar-refractivity contribution in [1.82, 2.24) is 4.98 Å². The highest BCUT2D eigenvalue weighted by atomic mass is 79.9. The first-order valence-electron chi connectivity index (χ1n) is 4.92. The van der Waals surface area contributed by atoms with Crippen molar-refractivity contribution >= 4 is 15.9 Å². The van der Waals surface area contributed by atoms with E-state index in [1.165, 1.54) is 18.3 Å². The average molecular weight is 318 g/mol. The van der Waals surface area contributed by atoms with Gasteiger partial charge in [0.05, 0.1) is 10.0 Å². The van der Waals surface area contributed by atoms with Crippen molar-refractivity contribution < 1.29 is 17.9 Å². The molecule has 0 radical (unpaired) electrons. The average Bonchev–Trinajstić information content (AvgIpc) is 2.32. The molecule has 0 saturated heterocycles. The molecule has 0 spiro atoms. The second-order valence-electron chi connectivity index (χ2n) is 3.41. The van der Waals surface area contributed by atoms with Crippen LogP contribution in [0.5, 0.6) is 11.6 Å². The standard InChI is InChI=1S/C12H7BrF3NO/c13-10-2-1-7-17-11(10)18-9-5-3-8(4-6-9)12(14,15)16/h1-7H. The first-order chi connectivity index (χ1) is 8.47. The summed E-state index contributed by atoms with van der Waals surface area (Å²) in [6.07, 6.45) is -2.81. The monoisotopic (exact) mass is 317 g/mol. The molecule has 0 fully saturated rings. The third kappa shape index (κ3) is 3.01. The van der Waals surface area contributed by atoms with E-state index in [0.717, 1.165) is 12.1 Å². The van der Waals surface area contributed by atoms with Crippen LogP contribution in [0.25, 0.3) is 0 Å². The molecule has 6 heteroatoms. The minimum Gasteiger partial charge on any atom is -0.438 e. The first-order valence-corrected chi connectivity index (χ1v) is 5.72. The lowest BCUT2D eigenvalue weighted by Crippen LogP contribution is -2.04. The van der Waals surface area contributed by atoms with Crippen LogP contribution in [0.4, 0.5) is 13.2 Å². The van der Waals surface area contributed by atoms with E-state index < -0.39 is 11.7 Å². The molecule has 0 bridgehead atoms. The Hall–Kier alpha value is -1.56. The molecule has 0 atom stereocenters. The zero-order valence-corrected chi connectivity index (χ0v) is 10.5. The second-order valence-corrected chi connectivity index (χ2v) is 4.27. The van der Waals surface area contributed by atoms with E-state index in [4.69, 9.17) is 4.74 Å². The summed E-state index contributed by atoms with van der Waals surface area (Å²) >= 11 is 3.23. The van der Waals surface area contributed by atoms with Crippen LogP contribution in [0.1, 0.15) is 5.56 Å². The SMILES string of the molecule is FC(F)(F)c1ccc(Oc2ncccc2Br)cc1. The highest BCUT2D eigenvalue weighted by Gasteiger charge is 2.30. The van der Waals surface area contributed by atoms with Gasteiger partial charge in [-0.3, -0.25) is 0 Å². The summed E-state index contributed by atoms with van der Waals surface area (Å²) in [4.78, 5) is 3.95. The van der Waals surface area contributed by atoms with Crippen molar-refractivity contribution in [2.75, 3.05) is 0 Å². The zero-order chi connectivity index (χ0) is 13.2. The Morgan fingerprint density at radius 2 is 1.72 bits per heavy atom. The number of benzene rings is 1. The van der Waals surface area contributed by atoms with Gasteiger partial charge in [0.1, 0.15) is 5.75 Å². The Kier molecular flexibility index (Phi) is 3.56. The fraction of sp³-hybridized carbons (Fsp3) is 0.0833. The van der Waals surface area contributed by atoms with Gasteiger partial charge in [-0.25, -0.2) is 4.98 Å². The number of alkyl halides is 3. The molecule has 2 nitrogen and oxygen atoms in total. The highest BCUT2D eigenvalue weighted by molar-refractivity contribution is 9.10. The maximum atomic E-state index is 12.3. The Bertz CT molecular complexity index is 540. The van der Waals surface area contributed by atoms with Crippen LogP contribution < -0.4 is 4.74 Å². The summed E-state index contributed by atoms with van der Waals surface area (Å²) in [7, 11) is 0. The lowest BCUT2D eigenvalue weighted by atomic mass is 10.2. The van der Waals surface area contributed by atoms with Gasteiger partial charge in [0.15, 0.2) is 0 Å². The molecule has 0 saturated carbocycles. The second kappa shape index (κ2) is 4.97. The molecular weight excluding hydrogens is 311 g/mol. The van der Waals surface area contributed by atoms with Crippen molar-refractivity contribution in [3.63, 3.8) is 0 Å². The van der Waals surface area contributed by atoms with Crippen LogP contribution in [-0.4, -0.2) is 4.98 Å². The maximum Gasteiger partial charge on any atom is 0.416 e. The molecule has 18 heavy (non-hydrogen) atoms. The zero-order valence-electron chi connectivity index (χ0n) is 8.91. The van der Waals surface area contributed by atoms with Crippen LogP contribution in [0, 0.1) is 0 Å². The van der Waals surface area contributed by atoms with E-state index in [0.29, 0.717) is 16.1 Å². The topological polar surface area (TPSA) is 22.1 Å². The fourth-order valence-electron chi connectivity index (χ4n) is 1.27. The van der Waals surface area contributed by atoms with Gasteiger partial charge in [-0.1, -0.05) is 0 Å². The number of halogens is 4. The third-order valence-corrected chi connectivity index (χ3v) is 2.72. The normalized spacial score (nSPS) is 11.3. The Morgan fingerprint density at radius 1 is 1.06 bits per heavy atom. The van der Waals surface area contributed by atoms with Gasteiger partial charge >= 0.3 is 6.18 Å². The van der Waals surface area contributed by atoms with E-state index in [1.54, 1.807) is 12.1 Å². The van der Waals surface area contributed by atoms with Gasteiger partial charge in [0.2, 0.25) is 5.88 Å². The largest absolute Gasteiger partial charge is 0.438 e. The smallest absolute Gasteiger partial charge is 0.416 e. The van der Waals surface area contributed by atoms with E-state index in [-0.39, 0.29) is 0 Å². The van der Waals surface area contributed by atoms with Crippen LogP contribution >= 0.6 is 15.9 Å².